The Kier molecular flexibility index (Phi) is 2.58. The van der Waals surface area contributed by atoms with Crippen LogP contribution in [-0.2, 0) is 13.6 Å². The maximum atomic E-state index is 5.25. The zero-order chi connectivity index (χ0) is 9.97. The molecule has 2 aromatic rings. The summed E-state index contributed by atoms with van der Waals surface area (Å²) in [5.41, 5.74) is 0. The van der Waals surface area contributed by atoms with E-state index in [0.717, 1.165) is 16.1 Å². The third-order valence-electron chi connectivity index (χ3n) is 1.78. The van der Waals surface area contributed by atoms with Crippen molar-refractivity contribution in [3.8, 4) is 0 Å². The molecule has 2 heterocycles. The van der Waals surface area contributed by atoms with Gasteiger partial charge in [-0.25, -0.2) is 0 Å². The Morgan fingerprint density at radius 3 is 3.07 bits per heavy atom. The summed E-state index contributed by atoms with van der Waals surface area (Å²) in [7, 11) is 1.88. The predicted octanol–water partition coefficient (Wildman–Crippen LogP) is 2.39. The SMILES string of the molecule is Cn1ccc(NCc2cc(Br)co2)n1. The molecule has 0 aliphatic rings. The molecule has 0 bridgehead atoms. The van der Waals surface area contributed by atoms with E-state index in [4.69, 9.17) is 4.42 Å². The molecular weight excluding hydrogens is 246 g/mol. The zero-order valence-electron chi connectivity index (χ0n) is 7.70. The highest BCUT2D eigenvalue weighted by Crippen LogP contribution is 2.14. The van der Waals surface area contributed by atoms with Crippen molar-refractivity contribution in [2.45, 2.75) is 6.54 Å². The molecule has 4 nitrogen and oxygen atoms in total. The van der Waals surface area contributed by atoms with Gasteiger partial charge in [0.05, 0.1) is 11.0 Å². The number of hydrogen-bond donors (Lipinski definition) is 1. The van der Waals surface area contributed by atoms with Gasteiger partial charge in [0.1, 0.15) is 17.8 Å². The summed E-state index contributed by atoms with van der Waals surface area (Å²) in [4.78, 5) is 0. The van der Waals surface area contributed by atoms with Crippen LogP contribution in [0.1, 0.15) is 5.76 Å². The lowest BCUT2D eigenvalue weighted by molar-refractivity contribution is 0.516. The van der Waals surface area contributed by atoms with Gasteiger partial charge in [-0.2, -0.15) is 5.10 Å². The Labute approximate surface area is 90.0 Å². The minimum Gasteiger partial charge on any atom is -0.466 e. The second-order valence-corrected chi connectivity index (χ2v) is 3.88. The molecule has 0 aliphatic heterocycles. The molecule has 0 fully saturated rings. The first-order chi connectivity index (χ1) is 6.74. The van der Waals surface area contributed by atoms with Crippen molar-refractivity contribution >= 4 is 21.7 Å². The van der Waals surface area contributed by atoms with Gasteiger partial charge in [-0.15, -0.1) is 0 Å². The third kappa shape index (κ3) is 2.17. The van der Waals surface area contributed by atoms with Gasteiger partial charge < -0.3 is 9.73 Å². The Morgan fingerprint density at radius 1 is 1.64 bits per heavy atom. The summed E-state index contributed by atoms with van der Waals surface area (Å²) < 4.78 is 7.95. The molecule has 2 rings (SSSR count). The number of aryl methyl sites for hydroxylation is 1. The molecule has 0 aromatic carbocycles. The van der Waals surface area contributed by atoms with Gasteiger partial charge in [0, 0.05) is 19.3 Å². The Hall–Kier alpha value is -1.23. The van der Waals surface area contributed by atoms with E-state index in [9.17, 15) is 0 Å². The second kappa shape index (κ2) is 3.88. The number of hydrogen-bond acceptors (Lipinski definition) is 3. The van der Waals surface area contributed by atoms with Gasteiger partial charge in [0.15, 0.2) is 0 Å². The number of furan rings is 1. The highest BCUT2D eigenvalue weighted by atomic mass is 79.9. The summed E-state index contributed by atoms with van der Waals surface area (Å²) in [6, 6.07) is 3.84. The van der Waals surface area contributed by atoms with Gasteiger partial charge in [-0.05, 0) is 22.0 Å². The zero-order valence-corrected chi connectivity index (χ0v) is 9.28. The predicted molar refractivity (Wildman–Crippen MR) is 56.9 cm³/mol. The maximum absolute atomic E-state index is 5.25. The Bertz CT molecular complexity index is 381. The number of nitrogens with one attached hydrogen (secondary N) is 1. The summed E-state index contributed by atoms with van der Waals surface area (Å²) >= 11 is 3.32. The smallest absolute Gasteiger partial charge is 0.148 e. The molecule has 0 unspecified atom stereocenters. The first-order valence-corrected chi connectivity index (χ1v) is 5.00. The number of halogens is 1. The van der Waals surface area contributed by atoms with Gasteiger partial charge in [0.25, 0.3) is 0 Å². The maximum Gasteiger partial charge on any atom is 0.148 e. The molecule has 0 saturated carbocycles. The van der Waals surface area contributed by atoms with Crippen LogP contribution in [-0.4, -0.2) is 9.78 Å². The lowest BCUT2D eigenvalue weighted by atomic mass is 10.4. The van der Waals surface area contributed by atoms with Crippen molar-refractivity contribution in [2.24, 2.45) is 7.05 Å². The van der Waals surface area contributed by atoms with Crippen LogP contribution in [0.2, 0.25) is 0 Å². The first kappa shape index (κ1) is 9.33. The lowest BCUT2D eigenvalue weighted by Crippen LogP contribution is -1.99. The van der Waals surface area contributed by atoms with Crippen LogP contribution in [0.3, 0.4) is 0 Å². The largest absolute Gasteiger partial charge is 0.466 e. The van der Waals surface area contributed by atoms with E-state index in [2.05, 4.69) is 26.3 Å². The summed E-state index contributed by atoms with van der Waals surface area (Å²) in [5.74, 6) is 1.72. The van der Waals surface area contributed by atoms with Crippen LogP contribution in [0, 0.1) is 0 Å². The van der Waals surface area contributed by atoms with E-state index < -0.39 is 0 Å². The van der Waals surface area contributed by atoms with E-state index in [-0.39, 0.29) is 0 Å². The van der Waals surface area contributed by atoms with Crippen molar-refractivity contribution in [3.05, 3.63) is 34.8 Å². The second-order valence-electron chi connectivity index (χ2n) is 2.96. The van der Waals surface area contributed by atoms with Crippen molar-refractivity contribution in [2.75, 3.05) is 5.32 Å². The average molecular weight is 256 g/mol. The molecule has 2 aromatic heterocycles. The molecule has 0 aliphatic carbocycles. The summed E-state index contributed by atoms with van der Waals surface area (Å²) in [6.07, 6.45) is 3.55. The summed E-state index contributed by atoms with van der Waals surface area (Å²) in [6.45, 7) is 0.641. The van der Waals surface area contributed by atoms with Crippen LogP contribution in [0.4, 0.5) is 5.82 Å². The number of aromatic nitrogens is 2. The highest BCUT2D eigenvalue weighted by Gasteiger charge is 2.00. The first-order valence-electron chi connectivity index (χ1n) is 4.20. The topological polar surface area (TPSA) is 43.0 Å². The van der Waals surface area contributed by atoms with Gasteiger partial charge in [-0.1, -0.05) is 0 Å². The van der Waals surface area contributed by atoms with E-state index in [1.807, 2.05) is 25.4 Å². The van der Waals surface area contributed by atoms with Crippen molar-refractivity contribution in [1.82, 2.24) is 9.78 Å². The molecule has 5 heteroatoms. The van der Waals surface area contributed by atoms with Crippen LogP contribution in [0.15, 0.2) is 33.5 Å². The van der Waals surface area contributed by atoms with Crippen molar-refractivity contribution in [1.29, 1.82) is 0 Å². The monoisotopic (exact) mass is 255 g/mol. The molecule has 0 saturated heterocycles. The van der Waals surface area contributed by atoms with E-state index in [1.165, 1.54) is 0 Å². The van der Waals surface area contributed by atoms with Gasteiger partial charge >= 0.3 is 0 Å². The molecule has 1 N–H and O–H groups in total. The number of anilines is 1. The van der Waals surface area contributed by atoms with Crippen LogP contribution < -0.4 is 5.32 Å². The molecule has 74 valence electrons. The standard InChI is InChI=1S/C9H10BrN3O/c1-13-3-2-9(12-13)11-5-8-4-7(10)6-14-8/h2-4,6H,5H2,1H3,(H,11,12). The Morgan fingerprint density at radius 2 is 2.50 bits per heavy atom. The minimum absolute atomic E-state index is 0.641. The molecular formula is C9H10BrN3O. The van der Waals surface area contributed by atoms with Crippen molar-refractivity contribution < 1.29 is 4.42 Å². The number of rotatable bonds is 3. The lowest BCUT2D eigenvalue weighted by Gasteiger charge is -1.98. The third-order valence-corrected chi connectivity index (χ3v) is 2.19. The summed E-state index contributed by atoms with van der Waals surface area (Å²) in [5, 5.41) is 7.33. The fourth-order valence-electron chi connectivity index (χ4n) is 1.13. The fourth-order valence-corrected chi connectivity index (χ4v) is 1.48. The van der Waals surface area contributed by atoms with E-state index in [0.29, 0.717) is 6.54 Å². The van der Waals surface area contributed by atoms with Crippen molar-refractivity contribution in [3.63, 3.8) is 0 Å². The molecule has 14 heavy (non-hydrogen) atoms. The number of nitrogens with zero attached hydrogens (tertiary/aromatic N) is 2. The van der Waals surface area contributed by atoms with E-state index >= 15 is 0 Å². The van der Waals surface area contributed by atoms with Crippen LogP contribution in [0.25, 0.3) is 0 Å². The molecule has 0 radical (unpaired) electrons. The minimum atomic E-state index is 0.641. The highest BCUT2D eigenvalue weighted by molar-refractivity contribution is 9.10. The Balaban J connectivity index is 1.94. The molecule has 0 atom stereocenters. The van der Waals surface area contributed by atoms with Gasteiger partial charge in [0.2, 0.25) is 0 Å². The average Bonchev–Trinajstić information content (AvgIpc) is 2.72. The normalized spacial score (nSPS) is 10.4. The molecule has 0 amide bonds. The van der Waals surface area contributed by atoms with Gasteiger partial charge in [-0.3, -0.25) is 4.68 Å². The fraction of sp³-hybridized carbons (Fsp3) is 0.222. The molecule has 0 spiro atoms. The van der Waals surface area contributed by atoms with Crippen LogP contribution >= 0.6 is 15.9 Å². The van der Waals surface area contributed by atoms with Crippen LogP contribution in [0.5, 0.6) is 0 Å². The van der Waals surface area contributed by atoms with E-state index in [1.54, 1.807) is 10.9 Å². The quantitative estimate of drug-likeness (QED) is 0.916.